The average molecular weight is 333 g/mol. The van der Waals surface area contributed by atoms with Crippen LogP contribution in [0, 0.1) is 6.92 Å². The van der Waals surface area contributed by atoms with E-state index < -0.39 is 0 Å². The summed E-state index contributed by atoms with van der Waals surface area (Å²) in [6.07, 6.45) is 0.712. The van der Waals surface area contributed by atoms with Crippen molar-refractivity contribution in [1.82, 2.24) is 15.1 Å². The summed E-state index contributed by atoms with van der Waals surface area (Å²) >= 11 is 18.4. The summed E-state index contributed by atoms with van der Waals surface area (Å²) in [5.74, 6) is 0. The molecule has 0 amide bonds. The van der Waals surface area contributed by atoms with E-state index in [4.69, 9.17) is 34.8 Å². The van der Waals surface area contributed by atoms with Crippen molar-refractivity contribution in [1.29, 1.82) is 0 Å². The molecule has 1 unspecified atom stereocenters. The maximum Gasteiger partial charge on any atom is 0.0847 e. The summed E-state index contributed by atoms with van der Waals surface area (Å²) in [4.78, 5) is 0. The van der Waals surface area contributed by atoms with Crippen LogP contribution in [0.2, 0.25) is 15.1 Å². The van der Waals surface area contributed by atoms with Gasteiger partial charge in [-0.15, -0.1) is 0 Å². The van der Waals surface area contributed by atoms with Gasteiger partial charge in [0.25, 0.3) is 0 Å². The summed E-state index contributed by atoms with van der Waals surface area (Å²) in [5.41, 5.74) is 2.85. The van der Waals surface area contributed by atoms with Gasteiger partial charge in [0.15, 0.2) is 0 Å². The average Bonchev–Trinajstić information content (AvgIpc) is 2.60. The van der Waals surface area contributed by atoms with Crippen molar-refractivity contribution >= 4 is 34.8 Å². The third-order valence-electron chi connectivity index (χ3n) is 3.29. The predicted molar refractivity (Wildman–Crippen MR) is 84.9 cm³/mol. The van der Waals surface area contributed by atoms with Gasteiger partial charge in [0, 0.05) is 29.6 Å². The number of nitrogens with zero attached hydrogens (tertiary/aromatic N) is 2. The van der Waals surface area contributed by atoms with E-state index in [1.807, 2.05) is 37.8 Å². The molecule has 1 aromatic carbocycles. The molecule has 0 aliphatic carbocycles. The second-order valence-corrected chi connectivity index (χ2v) is 5.97. The van der Waals surface area contributed by atoms with Crippen molar-refractivity contribution in [2.45, 2.75) is 19.4 Å². The molecule has 2 aromatic rings. The summed E-state index contributed by atoms with van der Waals surface area (Å²) in [6.45, 7) is 1.90. The molecule has 20 heavy (non-hydrogen) atoms. The summed E-state index contributed by atoms with van der Waals surface area (Å²) in [6, 6.07) is 5.61. The van der Waals surface area contributed by atoms with Crippen molar-refractivity contribution in [3.8, 4) is 0 Å². The first kappa shape index (κ1) is 15.6. The van der Waals surface area contributed by atoms with E-state index in [-0.39, 0.29) is 6.04 Å². The number of likely N-dealkylation sites (N-methyl/N-ethyl adjacent to an activating group) is 1. The van der Waals surface area contributed by atoms with Gasteiger partial charge < -0.3 is 5.32 Å². The van der Waals surface area contributed by atoms with Gasteiger partial charge in [-0.2, -0.15) is 5.10 Å². The number of benzene rings is 1. The van der Waals surface area contributed by atoms with Gasteiger partial charge in [0.1, 0.15) is 0 Å². The van der Waals surface area contributed by atoms with E-state index in [0.29, 0.717) is 21.5 Å². The second-order valence-electron chi connectivity index (χ2n) is 4.72. The highest BCUT2D eigenvalue weighted by Crippen LogP contribution is 2.28. The van der Waals surface area contributed by atoms with Crippen LogP contribution in [0.3, 0.4) is 0 Å². The lowest BCUT2D eigenvalue weighted by Gasteiger charge is -2.18. The van der Waals surface area contributed by atoms with Crippen LogP contribution in [0.5, 0.6) is 0 Å². The molecule has 6 heteroatoms. The zero-order valence-corrected chi connectivity index (χ0v) is 13.8. The summed E-state index contributed by atoms with van der Waals surface area (Å²) < 4.78 is 1.81. The molecule has 0 saturated carbocycles. The van der Waals surface area contributed by atoms with Gasteiger partial charge in [-0.3, -0.25) is 4.68 Å². The Bertz CT molecular complexity index is 602. The fourth-order valence-electron chi connectivity index (χ4n) is 2.26. The summed E-state index contributed by atoms with van der Waals surface area (Å²) in [5, 5.41) is 9.56. The van der Waals surface area contributed by atoms with Gasteiger partial charge in [-0.05, 0) is 37.7 Å². The minimum atomic E-state index is 0.0681. The molecule has 2 rings (SSSR count). The normalized spacial score (nSPS) is 12.7. The molecule has 0 saturated heterocycles. The highest BCUT2D eigenvalue weighted by Gasteiger charge is 2.18. The fourth-order valence-corrected chi connectivity index (χ4v) is 3.04. The molecule has 1 aromatic heterocycles. The topological polar surface area (TPSA) is 29.9 Å². The Kier molecular flexibility index (Phi) is 4.97. The van der Waals surface area contributed by atoms with Crippen LogP contribution in [0.15, 0.2) is 18.2 Å². The minimum Gasteiger partial charge on any atom is -0.313 e. The van der Waals surface area contributed by atoms with Crippen LogP contribution >= 0.6 is 34.8 Å². The van der Waals surface area contributed by atoms with Gasteiger partial charge in [-0.1, -0.05) is 34.8 Å². The first-order valence-corrected chi connectivity index (χ1v) is 7.37. The van der Waals surface area contributed by atoms with Gasteiger partial charge >= 0.3 is 0 Å². The fraction of sp³-hybridized carbons (Fsp3) is 0.357. The number of halogens is 3. The Hall–Kier alpha value is -0.740. The van der Waals surface area contributed by atoms with Gasteiger partial charge in [-0.25, -0.2) is 0 Å². The standard InChI is InChI=1S/C14H16Cl3N3/c1-8-14(17)13(20(3)19-8)7-12(18-2)9-4-10(15)6-11(16)5-9/h4-6,12,18H,7H2,1-3H3. The van der Waals surface area contributed by atoms with Crippen molar-refractivity contribution in [3.05, 3.63) is 50.2 Å². The molecule has 0 bridgehead atoms. The number of nitrogens with one attached hydrogen (secondary N) is 1. The molecule has 1 N–H and O–H groups in total. The molecule has 1 atom stereocenters. The molecule has 0 aliphatic rings. The van der Waals surface area contributed by atoms with E-state index >= 15 is 0 Å². The van der Waals surface area contributed by atoms with E-state index in [9.17, 15) is 0 Å². The molecule has 0 spiro atoms. The highest BCUT2D eigenvalue weighted by molar-refractivity contribution is 6.34. The van der Waals surface area contributed by atoms with E-state index in [2.05, 4.69) is 10.4 Å². The van der Waals surface area contributed by atoms with E-state index in [1.54, 1.807) is 6.07 Å². The molecule has 0 fully saturated rings. The van der Waals surface area contributed by atoms with Crippen molar-refractivity contribution in [2.75, 3.05) is 7.05 Å². The van der Waals surface area contributed by atoms with Crippen LogP contribution in [-0.2, 0) is 13.5 Å². The van der Waals surface area contributed by atoms with E-state index in [0.717, 1.165) is 17.0 Å². The predicted octanol–water partition coefficient (Wildman–Crippen LogP) is 4.19. The van der Waals surface area contributed by atoms with Gasteiger partial charge in [0.2, 0.25) is 0 Å². The Morgan fingerprint density at radius 3 is 2.25 bits per heavy atom. The first-order chi connectivity index (χ1) is 9.42. The Labute approximate surface area is 133 Å². The number of hydrogen-bond donors (Lipinski definition) is 1. The van der Waals surface area contributed by atoms with Crippen molar-refractivity contribution < 1.29 is 0 Å². The summed E-state index contributed by atoms with van der Waals surface area (Å²) in [7, 11) is 3.79. The quantitative estimate of drug-likeness (QED) is 0.909. The molecular formula is C14H16Cl3N3. The zero-order valence-electron chi connectivity index (χ0n) is 11.5. The Morgan fingerprint density at radius 2 is 1.80 bits per heavy atom. The van der Waals surface area contributed by atoms with Crippen LogP contribution in [0.4, 0.5) is 0 Å². The van der Waals surface area contributed by atoms with Gasteiger partial charge in [0.05, 0.1) is 16.4 Å². The Morgan fingerprint density at radius 1 is 1.20 bits per heavy atom. The minimum absolute atomic E-state index is 0.0681. The third-order valence-corrected chi connectivity index (χ3v) is 4.22. The highest BCUT2D eigenvalue weighted by atomic mass is 35.5. The first-order valence-electron chi connectivity index (χ1n) is 6.23. The monoisotopic (exact) mass is 331 g/mol. The largest absolute Gasteiger partial charge is 0.313 e. The smallest absolute Gasteiger partial charge is 0.0847 e. The number of aryl methyl sites for hydroxylation is 2. The second kappa shape index (κ2) is 6.35. The van der Waals surface area contributed by atoms with Crippen LogP contribution < -0.4 is 5.32 Å². The van der Waals surface area contributed by atoms with Crippen LogP contribution in [0.25, 0.3) is 0 Å². The maximum atomic E-state index is 6.30. The molecule has 0 radical (unpaired) electrons. The zero-order chi connectivity index (χ0) is 14.9. The lowest BCUT2D eigenvalue weighted by molar-refractivity contribution is 0.561. The number of aromatic nitrogens is 2. The number of rotatable bonds is 4. The lowest BCUT2D eigenvalue weighted by atomic mass is 10.0. The Balaban J connectivity index is 2.33. The number of hydrogen-bond acceptors (Lipinski definition) is 2. The molecule has 1 heterocycles. The van der Waals surface area contributed by atoms with Crippen molar-refractivity contribution in [2.24, 2.45) is 7.05 Å². The third kappa shape index (κ3) is 3.29. The van der Waals surface area contributed by atoms with E-state index in [1.165, 1.54) is 0 Å². The molecule has 108 valence electrons. The SMILES string of the molecule is CNC(Cc1c(Cl)c(C)nn1C)c1cc(Cl)cc(Cl)c1. The lowest BCUT2D eigenvalue weighted by Crippen LogP contribution is -2.20. The maximum absolute atomic E-state index is 6.30. The van der Waals surface area contributed by atoms with Crippen LogP contribution in [-0.4, -0.2) is 16.8 Å². The molecule has 3 nitrogen and oxygen atoms in total. The molecule has 0 aliphatic heterocycles. The van der Waals surface area contributed by atoms with Crippen LogP contribution in [0.1, 0.15) is 23.0 Å². The van der Waals surface area contributed by atoms with Crippen molar-refractivity contribution in [3.63, 3.8) is 0 Å². The molecular weight excluding hydrogens is 317 g/mol.